The van der Waals surface area contributed by atoms with E-state index in [-0.39, 0.29) is 50.2 Å². The summed E-state index contributed by atoms with van der Waals surface area (Å²) in [5, 5.41) is 5.07. The second-order valence-corrected chi connectivity index (χ2v) is 8.69. The molecule has 1 aromatic carbocycles. The number of rotatable bonds is 23. The molecule has 214 valence electrons. The maximum atomic E-state index is 12.9. The average Bonchev–Trinajstić information content (AvgIpc) is 2.92. The van der Waals surface area contributed by atoms with E-state index in [0.29, 0.717) is 52.2 Å². The molecule has 0 aliphatic heterocycles. The lowest BCUT2D eigenvalue weighted by molar-refractivity contribution is -0.130. The number of ketones is 2. The molecule has 38 heavy (non-hydrogen) atoms. The van der Waals surface area contributed by atoms with Crippen molar-refractivity contribution in [2.24, 2.45) is 11.7 Å². The molecule has 0 bridgehead atoms. The van der Waals surface area contributed by atoms with Crippen LogP contribution in [0.25, 0.3) is 0 Å². The Balaban J connectivity index is 2.43. The molecule has 11 heteroatoms. The van der Waals surface area contributed by atoms with Gasteiger partial charge in [0.15, 0.2) is 11.6 Å². The first-order valence-corrected chi connectivity index (χ1v) is 13.1. The smallest absolute Gasteiger partial charge is 0.407 e. The molecule has 2 amide bonds. The second-order valence-electron chi connectivity index (χ2n) is 8.69. The molecule has 1 unspecified atom stereocenters. The lowest BCUT2D eigenvalue weighted by Gasteiger charge is -2.16. The average molecular weight is 538 g/mol. The van der Waals surface area contributed by atoms with Gasteiger partial charge in [0.25, 0.3) is 0 Å². The zero-order valence-electron chi connectivity index (χ0n) is 22.4. The maximum absolute atomic E-state index is 12.9. The van der Waals surface area contributed by atoms with Crippen molar-refractivity contribution in [2.45, 2.75) is 38.5 Å². The van der Waals surface area contributed by atoms with E-state index >= 15 is 0 Å². The van der Waals surface area contributed by atoms with Crippen molar-refractivity contribution >= 4 is 23.6 Å². The Kier molecular flexibility index (Phi) is 19.3. The zero-order chi connectivity index (χ0) is 27.8. The van der Waals surface area contributed by atoms with Gasteiger partial charge in [-0.1, -0.05) is 30.3 Å². The van der Waals surface area contributed by atoms with Gasteiger partial charge in [-0.15, -0.1) is 0 Å². The zero-order valence-corrected chi connectivity index (χ0v) is 22.4. The van der Waals surface area contributed by atoms with Crippen molar-refractivity contribution in [2.75, 3.05) is 66.4 Å². The van der Waals surface area contributed by atoms with Crippen LogP contribution in [0.5, 0.6) is 0 Å². The highest BCUT2D eigenvalue weighted by Gasteiger charge is 2.23. The van der Waals surface area contributed by atoms with Gasteiger partial charge in [0, 0.05) is 39.1 Å². The summed E-state index contributed by atoms with van der Waals surface area (Å²) in [6.45, 7) is 2.54. The third-order valence-electron chi connectivity index (χ3n) is 5.44. The minimum absolute atomic E-state index is 0.0541. The molecule has 0 aliphatic carbocycles. The van der Waals surface area contributed by atoms with E-state index in [1.807, 2.05) is 30.3 Å². The van der Waals surface area contributed by atoms with Gasteiger partial charge in [-0.2, -0.15) is 0 Å². The largest absolute Gasteiger partial charge is 0.447 e. The Morgan fingerprint density at radius 3 is 2.21 bits per heavy atom. The number of nitrogens with two attached hydrogens (primary N) is 1. The predicted octanol–water partition coefficient (Wildman–Crippen LogP) is 1.41. The Hall–Kier alpha value is -2.86. The molecule has 1 atom stereocenters. The third-order valence-corrected chi connectivity index (χ3v) is 5.44. The van der Waals surface area contributed by atoms with Crippen LogP contribution in [0.15, 0.2) is 30.3 Å². The summed E-state index contributed by atoms with van der Waals surface area (Å²) in [5.41, 5.74) is 6.26. The van der Waals surface area contributed by atoms with Gasteiger partial charge in [-0.25, -0.2) is 4.79 Å². The van der Waals surface area contributed by atoms with Gasteiger partial charge in [-0.3, -0.25) is 14.4 Å². The summed E-state index contributed by atoms with van der Waals surface area (Å²) in [6, 6.07) is 9.31. The fraction of sp³-hybridized carbons (Fsp3) is 0.630. The fourth-order valence-corrected chi connectivity index (χ4v) is 3.39. The van der Waals surface area contributed by atoms with Crippen LogP contribution in [-0.2, 0) is 39.8 Å². The molecule has 11 nitrogen and oxygen atoms in total. The molecular weight excluding hydrogens is 494 g/mol. The summed E-state index contributed by atoms with van der Waals surface area (Å²) in [5.74, 6) is -1.47. The van der Waals surface area contributed by atoms with Crippen LogP contribution in [0.1, 0.15) is 37.7 Å². The fourth-order valence-electron chi connectivity index (χ4n) is 3.39. The minimum atomic E-state index is -0.737. The summed E-state index contributed by atoms with van der Waals surface area (Å²) >= 11 is 0. The van der Waals surface area contributed by atoms with Crippen LogP contribution in [-0.4, -0.2) is 90.0 Å². The number of amides is 2. The number of benzene rings is 1. The van der Waals surface area contributed by atoms with E-state index in [1.54, 1.807) is 7.11 Å². The highest BCUT2D eigenvalue weighted by Crippen LogP contribution is 2.13. The van der Waals surface area contributed by atoms with E-state index in [4.69, 9.17) is 24.7 Å². The summed E-state index contributed by atoms with van der Waals surface area (Å²) in [4.78, 5) is 49.4. The van der Waals surface area contributed by atoms with Gasteiger partial charge in [0.2, 0.25) is 5.91 Å². The van der Waals surface area contributed by atoms with Crippen molar-refractivity contribution in [1.29, 1.82) is 0 Å². The van der Waals surface area contributed by atoms with Crippen molar-refractivity contribution in [3.8, 4) is 0 Å². The monoisotopic (exact) mass is 537 g/mol. The third kappa shape index (κ3) is 17.6. The first-order chi connectivity index (χ1) is 18.5. The Morgan fingerprint density at radius 1 is 0.816 bits per heavy atom. The Bertz CT molecular complexity index is 807. The molecule has 0 aliphatic rings. The molecule has 0 fully saturated rings. The van der Waals surface area contributed by atoms with E-state index in [1.165, 1.54) is 0 Å². The van der Waals surface area contributed by atoms with E-state index in [0.717, 1.165) is 18.4 Å². The molecule has 0 saturated carbocycles. The lowest BCUT2D eigenvalue weighted by Crippen LogP contribution is -2.38. The summed E-state index contributed by atoms with van der Waals surface area (Å²) in [6.07, 6.45) is 1.96. The SMILES string of the molecule is COCCOCCCCC(=O)CNC(=O)C(CC(=O)CNC(=O)OCCOCCCN)Cc1ccccc1. The van der Waals surface area contributed by atoms with Crippen LogP contribution in [0, 0.1) is 5.92 Å². The molecule has 0 spiro atoms. The minimum Gasteiger partial charge on any atom is -0.447 e. The van der Waals surface area contributed by atoms with Gasteiger partial charge in [0.05, 0.1) is 32.9 Å². The van der Waals surface area contributed by atoms with Gasteiger partial charge >= 0.3 is 6.09 Å². The number of Topliss-reactive ketones (excluding diaryl/α,β-unsaturated/α-hetero) is 2. The highest BCUT2D eigenvalue weighted by atomic mass is 16.6. The summed E-state index contributed by atoms with van der Waals surface area (Å²) in [7, 11) is 1.61. The van der Waals surface area contributed by atoms with E-state index in [9.17, 15) is 19.2 Å². The van der Waals surface area contributed by atoms with Gasteiger partial charge < -0.3 is 35.3 Å². The molecule has 0 heterocycles. The number of carbonyl (C=O) groups is 4. The molecule has 1 aromatic rings. The van der Waals surface area contributed by atoms with Crippen LogP contribution in [0.4, 0.5) is 4.79 Å². The number of unbranched alkanes of at least 4 members (excludes halogenated alkanes) is 1. The molecule has 0 aromatic heterocycles. The first-order valence-electron chi connectivity index (χ1n) is 13.1. The van der Waals surface area contributed by atoms with Gasteiger partial charge in [-0.05, 0) is 37.8 Å². The van der Waals surface area contributed by atoms with E-state index in [2.05, 4.69) is 10.6 Å². The Morgan fingerprint density at radius 2 is 1.50 bits per heavy atom. The number of hydrogen-bond donors (Lipinski definition) is 3. The number of hydrogen-bond acceptors (Lipinski definition) is 9. The molecule has 0 saturated heterocycles. The molecule has 0 radical (unpaired) electrons. The highest BCUT2D eigenvalue weighted by molar-refractivity contribution is 5.91. The number of methoxy groups -OCH3 is 1. The molecular formula is C27H43N3O8. The quantitative estimate of drug-likeness (QED) is 0.176. The summed E-state index contributed by atoms with van der Waals surface area (Å²) < 4.78 is 20.5. The number of carbonyl (C=O) groups excluding carboxylic acids is 4. The first kappa shape index (κ1) is 33.2. The van der Waals surface area contributed by atoms with Crippen LogP contribution >= 0.6 is 0 Å². The topological polar surface area (TPSA) is 155 Å². The second kappa shape index (κ2) is 22.2. The predicted molar refractivity (Wildman–Crippen MR) is 142 cm³/mol. The standard InChI is InChI=1S/C27H43N3O8/c1-35-14-15-36-12-6-5-10-24(31)20-29-26(33)23(18-22-8-3-2-4-9-22)19-25(32)21-30-27(34)38-17-16-37-13-7-11-28/h2-4,8-9,23H,5-7,10-21,28H2,1H3,(H,29,33)(H,30,34). The number of nitrogens with one attached hydrogen (secondary N) is 2. The number of ether oxygens (including phenoxy) is 4. The van der Waals surface area contributed by atoms with E-state index < -0.39 is 12.0 Å². The van der Waals surface area contributed by atoms with Crippen molar-refractivity contribution in [3.05, 3.63) is 35.9 Å². The molecule has 1 rings (SSSR count). The van der Waals surface area contributed by atoms with Crippen LogP contribution in [0.2, 0.25) is 0 Å². The molecule has 4 N–H and O–H groups in total. The number of alkyl carbamates (subject to hydrolysis) is 1. The Labute approximate surface area is 225 Å². The van der Waals surface area contributed by atoms with Gasteiger partial charge in [0.1, 0.15) is 6.61 Å². The lowest BCUT2D eigenvalue weighted by atomic mass is 9.93. The van der Waals surface area contributed by atoms with Crippen molar-refractivity contribution in [3.63, 3.8) is 0 Å². The maximum Gasteiger partial charge on any atom is 0.407 e. The van der Waals surface area contributed by atoms with Crippen LogP contribution in [0.3, 0.4) is 0 Å². The van der Waals surface area contributed by atoms with Crippen molar-refractivity contribution < 1.29 is 38.1 Å². The normalized spacial score (nSPS) is 11.5. The van der Waals surface area contributed by atoms with Crippen molar-refractivity contribution in [1.82, 2.24) is 10.6 Å². The van der Waals surface area contributed by atoms with Crippen LogP contribution < -0.4 is 16.4 Å².